The second-order valence-corrected chi connectivity index (χ2v) is 6.83. The molecule has 0 spiro atoms. The fourth-order valence-corrected chi connectivity index (χ4v) is 3.14. The van der Waals surface area contributed by atoms with Crippen molar-refractivity contribution in [2.45, 2.75) is 6.92 Å². The van der Waals surface area contributed by atoms with Gasteiger partial charge < -0.3 is 19.2 Å². The molecule has 3 aromatic carbocycles. The third kappa shape index (κ3) is 4.25. The summed E-state index contributed by atoms with van der Waals surface area (Å²) in [5, 5.41) is 11.2. The van der Waals surface area contributed by atoms with Gasteiger partial charge in [0.25, 0.3) is 5.91 Å². The van der Waals surface area contributed by atoms with Gasteiger partial charge in [0, 0.05) is 22.4 Å². The highest BCUT2D eigenvalue weighted by atomic mass is 16.5. The van der Waals surface area contributed by atoms with Crippen LogP contribution < -0.4 is 14.8 Å². The fraction of sp³-hybridized carbons (Fsp3) is 0.125. The summed E-state index contributed by atoms with van der Waals surface area (Å²) < 4.78 is 16.3. The summed E-state index contributed by atoms with van der Waals surface area (Å²) in [4.78, 5) is 12.6. The lowest BCUT2D eigenvalue weighted by molar-refractivity contribution is 0.102. The number of anilines is 1. The van der Waals surface area contributed by atoms with Crippen molar-refractivity contribution < 1.29 is 18.7 Å². The second kappa shape index (κ2) is 8.71. The quantitative estimate of drug-likeness (QED) is 0.478. The van der Waals surface area contributed by atoms with Crippen LogP contribution in [0.25, 0.3) is 22.9 Å². The molecule has 0 bridgehead atoms. The van der Waals surface area contributed by atoms with Crippen LogP contribution in [0.3, 0.4) is 0 Å². The number of carbonyl (C=O) groups is 1. The van der Waals surface area contributed by atoms with Crippen molar-refractivity contribution in [2.75, 3.05) is 19.5 Å². The molecule has 31 heavy (non-hydrogen) atoms. The lowest BCUT2D eigenvalue weighted by atomic mass is 10.1. The number of hydrogen-bond donors (Lipinski definition) is 1. The van der Waals surface area contributed by atoms with E-state index in [0.717, 1.165) is 16.7 Å². The third-order valence-corrected chi connectivity index (χ3v) is 4.84. The molecule has 0 radical (unpaired) electrons. The van der Waals surface area contributed by atoms with Crippen LogP contribution in [-0.2, 0) is 0 Å². The summed E-state index contributed by atoms with van der Waals surface area (Å²) in [6.07, 6.45) is 0. The van der Waals surface area contributed by atoms with Crippen molar-refractivity contribution >= 4 is 11.6 Å². The minimum Gasteiger partial charge on any atom is -0.493 e. The number of aromatic nitrogens is 2. The van der Waals surface area contributed by atoms with Gasteiger partial charge in [-0.3, -0.25) is 4.79 Å². The Morgan fingerprint density at radius 1 is 0.871 bits per heavy atom. The summed E-state index contributed by atoms with van der Waals surface area (Å²) in [7, 11) is 3.08. The number of nitrogens with one attached hydrogen (secondary N) is 1. The number of benzene rings is 3. The van der Waals surface area contributed by atoms with Gasteiger partial charge in [-0.2, -0.15) is 0 Å². The molecule has 0 aliphatic rings. The Morgan fingerprint density at radius 2 is 1.58 bits per heavy atom. The summed E-state index contributed by atoms with van der Waals surface area (Å²) in [6.45, 7) is 2.00. The van der Waals surface area contributed by atoms with E-state index >= 15 is 0 Å². The Labute approximate surface area is 179 Å². The van der Waals surface area contributed by atoms with Gasteiger partial charge in [0.1, 0.15) is 0 Å². The lowest BCUT2D eigenvalue weighted by Crippen LogP contribution is -2.12. The van der Waals surface area contributed by atoms with Gasteiger partial charge in [0.15, 0.2) is 11.5 Å². The molecule has 0 aliphatic heterocycles. The SMILES string of the molecule is COc1ccc(C(=O)Nc2ccc(-c3nnc(-c4ccccc4C)o3)cc2)cc1OC. The number of carbonyl (C=O) groups excluding carboxylic acids is 1. The molecule has 4 aromatic rings. The van der Waals surface area contributed by atoms with Gasteiger partial charge in [-0.15, -0.1) is 10.2 Å². The van der Waals surface area contributed by atoms with Crippen molar-refractivity contribution in [3.63, 3.8) is 0 Å². The molecule has 0 atom stereocenters. The number of aryl methyl sites for hydroxylation is 1. The molecule has 1 aromatic heterocycles. The van der Waals surface area contributed by atoms with Crippen LogP contribution in [0, 0.1) is 6.92 Å². The smallest absolute Gasteiger partial charge is 0.255 e. The Hall–Kier alpha value is -4.13. The first-order valence-corrected chi connectivity index (χ1v) is 9.62. The van der Waals surface area contributed by atoms with Crippen LogP contribution in [0.2, 0.25) is 0 Å². The van der Waals surface area contributed by atoms with Gasteiger partial charge in [-0.25, -0.2) is 0 Å². The van der Waals surface area contributed by atoms with Crippen LogP contribution in [0.1, 0.15) is 15.9 Å². The van der Waals surface area contributed by atoms with Crippen LogP contribution in [-0.4, -0.2) is 30.3 Å². The molecule has 7 nitrogen and oxygen atoms in total. The first-order valence-electron chi connectivity index (χ1n) is 9.62. The molecule has 1 amide bonds. The Balaban J connectivity index is 1.49. The van der Waals surface area contributed by atoms with E-state index in [0.29, 0.717) is 34.5 Å². The van der Waals surface area contributed by atoms with E-state index in [-0.39, 0.29) is 5.91 Å². The van der Waals surface area contributed by atoms with Crippen molar-refractivity contribution in [3.8, 4) is 34.4 Å². The van der Waals surface area contributed by atoms with Crippen molar-refractivity contribution in [3.05, 3.63) is 77.9 Å². The highest BCUT2D eigenvalue weighted by molar-refractivity contribution is 6.04. The van der Waals surface area contributed by atoms with Gasteiger partial charge in [0.2, 0.25) is 11.8 Å². The number of nitrogens with zero attached hydrogens (tertiary/aromatic N) is 2. The maximum Gasteiger partial charge on any atom is 0.255 e. The molecule has 0 saturated heterocycles. The summed E-state index contributed by atoms with van der Waals surface area (Å²) in [6, 6.07) is 20.0. The summed E-state index contributed by atoms with van der Waals surface area (Å²) >= 11 is 0. The molecule has 7 heteroatoms. The number of ether oxygens (including phenoxy) is 2. The summed E-state index contributed by atoms with van der Waals surface area (Å²) in [5.41, 5.74) is 3.83. The molecule has 0 aliphatic carbocycles. The van der Waals surface area contributed by atoms with E-state index in [2.05, 4.69) is 15.5 Å². The van der Waals surface area contributed by atoms with Crippen molar-refractivity contribution in [1.82, 2.24) is 10.2 Å². The molecule has 1 heterocycles. The number of rotatable bonds is 6. The van der Waals surface area contributed by atoms with E-state index in [1.54, 1.807) is 37.4 Å². The van der Waals surface area contributed by atoms with Crippen molar-refractivity contribution in [2.24, 2.45) is 0 Å². The minimum atomic E-state index is -0.256. The maximum absolute atomic E-state index is 12.6. The van der Waals surface area contributed by atoms with E-state index in [1.165, 1.54) is 7.11 Å². The molecule has 1 N–H and O–H groups in total. The first-order chi connectivity index (χ1) is 15.1. The van der Waals surface area contributed by atoms with Crippen LogP contribution >= 0.6 is 0 Å². The molecule has 156 valence electrons. The Morgan fingerprint density at radius 3 is 2.29 bits per heavy atom. The Kier molecular flexibility index (Phi) is 5.66. The predicted octanol–water partition coefficient (Wildman–Crippen LogP) is 4.98. The second-order valence-electron chi connectivity index (χ2n) is 6.83. The number of amides is 1. The average Bonchev–Trinajstić information content (AvgIpc) is 3.29. The molecule has 4 rings (SSSR count). The van der Waals surface area contributed by atoms with E-state index in [1.807, 2.05) is 43.3 Å². The first kappa shape index (κ1) is 20.2. The topological polar surface area (TPSA) is 86.5 Å². The van der Waals surface area contributed by atoms with E-state index in [9.17, 15) is 4.79 Å². The molecular formula is C24H21N3O4. The molecule has 0 saturated carbocycles. The highest BCUT2D eigenvalue weighted by Crippen LogP contribution is 2.29. The molecular weight excluding hydrogens is 394 g/mol. The van der Waals surface area contributed by atoms with Gasteiger partial charge in [-0.1, -0.05) is 18.2 Å². The maximum atomic E-state index is 12.6. The normalized spacial score (nSPS) is 10.5. The zero-order valence-electron chi connectivity index (χ0n) is 17.4. The Bertz CT molecular complexity index is 1220. The van der Waals surface area contributed by atoms with E-state index < -0.39 is 0 Å². The van der Waals surface area contributed by atoms with Gasteiger partial charge in [0.05, 0.1) is 14.2 Å². The largest absolute Gasteiger partial charge is 0.493 e. The van der Waals surface area contributed by atoms with Crippen LogP contribution in [0.15, 0.2) is 71.1 Å². The zero-order valence-corrected chi connectivity index (χ0v) is 17.4. The molecule has 0 unspecified atom stereocenters. The highest BCUT2D eigenvalue weighted by Gasteiger charge is 2.14. The standard InChI is InChI=1S/C24H21N3O4/c1-15-6-4-5-7-19(15)24-27-26-23(31-24)16-8-11-18(12-9-16)25-22(28)17-10-13-20(29-2)21(14-17)30-3/h4-14H,1-3H3,(H,25,28). The lowest BCUT2D eigenvalue weighted by Gasteiger charge is -2.10. The van der Waals surface area contributed by atoms with Crippen molar-refractivity contribution in [1.29, 1.82) is 0 Å². The predicted molar refractivity (Wildman–Crippen MR) is 117 cm³/mol. The van der Waals surface area contributed by atoms with Gasteiger partial charge in [-0.05, 0) is 61.0 Å². The van der Waals surface area contributed by atoms with E-state index in [4.69, 9.17) is 13.9 Å². The molecule has 0 fully saturated rings. The van der Waals surface area contributed by atoms with Crippen LogP contribution in [0.4, 0.5) is 5.69 Å². The van der Waals surface area contributed by atoms with Gasteiger partial charge >= 0.3 is 0 Å². The number of hydrogen-bond acceptors (Lipinski definition) is 6. The third-order valence-electron chi connectivity index (χ3n) is 4.84. The minimum absolute atomic E-state index is 0.256. The zero-order chi connectivity index (χ0) is 21.8. The average molecular weight is 415 g/mol. The summed E-state index contributed by atoms with van der Waals surface area (Å²) in [5.74, 6) is 1.68. The monoisotopic (exact) mass is 415 g/mol. The van der Waals surface area contributed by atoms with Crippen LogP contribution in [0.5, 0.6) is 11.5 Å². The fourth-order valence-electron chi connectivity index (χ4n) is 3.14. The number of methoxy groups -OCH3 is 2.